The molecule has 0 aliphatic heterocycles. The maximum atomic E-state index is 11.7. The standard InChI is InChI=1S/C10H5FO/c11-5-4-8-2-1-3-9-6-12-7-10(8)9/h1-3,6-7H. The van der Waals surface area contributed by atoms with Crippen molar-refractivity contribution < 1.29 is 8.81 Å². The first-order chi connectivity index (χ1) is 5.92. The summed E-state index contributed by atoms with van der Waals surface area (Å²) in [5.74, 6) is 2.36. The molecule has 1 aromatic heterocycles. The molecule has 0 radical (unpaired) electrons. The highest BCUT2D eigenvalue weighted by Gasteiger charge is 1.98. The van der Waals surface area contributed by atoms with Crippen LogP contribution in [0.1, 0.15) is 5.56 Å². The lowest BCUT2D eigenvalue weighted by atomic mass is 10.1. The van der Waals surface area contributed by atoms with Crippen LogP contribution in [0, 0.1) is 12.1 Å². The smallest absolute Gasteiger partial charge is 0.111 e. The first-order valence-electron chi connectivity index (χ1n) is 3.48. The zero-order valence-corrected chi connectivity index (χ0v) is 6.17. The van der Waals surface area contributed by atoms with E-state index in [4.69, 9.17) is 4.42 Å². The van der Waals surface area contributed by atoms with E-state index in [-0.39, 0.29) is 0 Å². The van der Waals surface area contributed by atoms with Crippen LogP contribution >= 0.6 is 0 Å². The first kappa shape index (κ1) is 6.93. The minimum absolute atomic E-state index is 0.656. The van der Waals surface area contributed by atoms with Gasteiger partial charge in [0.2, 0.25) is 0 Å². The molecule has 0 aliphatic rings. The average Bonchev–Trinajstić information content (AvgIpc) is 2.53. The molecule has 1 nitrogen and oxygen atoms in total. The van der Waals surface area contributed by atoms with E-state index in [1.54, 1.807) is 18.6 Å². The lowest BCUT2D eigenvalue weighted by Crippen LogP contribution is -1.73. The van der Waals surface area contributed by atoms with Crippen LogP contribution in [0.15, 0.2) is 35.1 Å². The Hall–Kier alpha value is -1.75. The van der Waals surface area contributed by atoms with E-state index in [1.165, 1.54) is 6.17 Å². The molecule has 2 rings (SSSR count). The molecular weight excluding hydrogens is 155 g/mol. The predicted octanol–water partition coefficient (Wildman–Crippen LogP) is 2.71. The molecule has 0 fully saturated rings. The fraction of sp³-hybridized carbons (Fsp3) is 0. The molecule has 58 valence electrons. The van der Waals surface area contributed by atoms with E-state index in [1.807, 2.05) is 12.1 Å². The van der Waals surface area contributed by atoms with Gasteiger partial charge in [-0.3, -0.25) is 0 Å². The molecule has 1 aromatic carbocycles. The zero-order valence-electron chi connectivity index (χ0n) is 6.17. The summed E-state index contributed by atoms with van der Waals surface area (Å²) in [6.07, 6.45) is 4.55. The highest BCUT2D eigenvalue weighted by Crippen LogP contribution is 2.18. The number of hydrogen-bond donors (Lipinski definition) is 0. The molecule has 0 aliphatic carbocycles. The summed E-state index contributed by atoms with van der Waals surface area (Å²) >= 11 is 0. The van der Waals surface area contributed by atoms with Crippen LogP contribution in [-0.4, -0.2) is 0 Å². The quantitative estimate of drug-likeness (QED) is 0.540. The molecular formula is C10H5FO. The van der Waals surface area contributed by atoms with Crippen molar-refractivity contribution in [2.45, 2.75) is 0 Å². The topological polar surface area (TPSA) is 13.1 Å². The van der Waals surface area contributed by atoms with E-state index in [0.29, 0.717) is 5.56 Å². The van der Waals surface area contributed by atoms with Crippen molar-refractivity contribution in [2.24, 2.45) is 0 Å². The van der Waals surface area contributed by atoms with E-state index < -0.39 is 0 Å². The molecule has 0 unspecified atom stereocenters. The third-order valence-corrected chi connectivity index (χ3v) is 1.70. The normalized spacial score (nSPS) is 9.42. The van der Waals surface area contributed by atoms with Crippen LogP contribution in [0.25, 0.3) is 10.8 Å². The van der Waals surface area contributed by atoms with Gasteiger partial charge in [-0.05, 0) is 12.0 Å². The third kappa shape index (κ3) is 0.960. The summed E-state index contributed by atoms with van der Waals surface area (Å²) in [4.78, 5) is 0. The van der Waals surface area contributed by atoms with Crippen LogP contribution < -0.4 is 0 Å². The Bertz CT molecular complexity index is 459. The number of hydrogen-bond acceptors (Lipinski definition) is 1. The summed E-state index contributed by atoms with van der Waals surface area (Å²) in [7, 11) is 0. The van der Waals surface area contributed by atoms with Crippen LogP contribution in [-0.2, 0) is 0 Å². The number of halogens is 1. The molecule has 0 amide bonds. The fourth-order valence-electron chi connectivity index (χ4n) is 1.15. The molecule has 1 heterocycles. The van der Waals surface area contributed by atoms with E-state index in [0.717, 1.165) is 10.8 Å². The summed E-state index contributed by atoms with van der Waals surface area (Å²) in [5.41, 5.74) is 0.656. The van der Waals surface area contributed by atoms with Gasteiger partial charge in [-0.15, -0.1) is 4.39 Å². The van der Waals surface area contributed by atoms with Crippen LogP contribution in [0.4, 0.5) is 4.39 Å². The van der Waals surface area contributed by atoms with Gasteiger partial charge in [0, 0.05) is 16.3 Å². The van der Waals surface area contributed by atoms with Crippen LogP contribution in [0.3, 0.4) is 0 Å². The largest absolute Gasteiger partial charge is 0.471 e. The summed E-state index contributed by atoms with van der Waals surface area (Å²) in [6.45, 7) is 0. The summed E-state index contributed by atoms with van der Waals surface area (Å²) in [6, 6.07) is 5.46. The van der Waals surface area contributed by atoms with Crippen molar-refractivity contribution in [3.8, 4) is 12.1 Å². The van der Waals surface area contributed by atoms with Gasteiger partial charge in [0.05, 0.1) is 12.5 Å². The fourth-order valence-corrected chi connectivity index (χ4v) is 1.15. The Morgan fingerprint density at radius 3 is 3.00 bits per heavy atom. The molecule has 0 N–H and O–H groups in total. The molecule has 0 spiro atoms. The lowest BCUT2D eigenvalue weighted by molar-refractivity contribution is 0.572. The van der Waals surface area contributed by atoms with Gasteiger partial charge < -0.3 is 4.42 Å². The highest BCUT2D eigenvalue weighted by atomic mass is 19.1. The van der Waals surface area contributed by atoms with Crippen molar-refractivity contribution in [3.63, 3.8) is 0 Å². The molecule has 0 saturated carbocycles. The molecule has 0 saturated heterocycles. The van der Waals surface area contributed by atoms with Crippen molar-refractivity contribution in [1.82, 2.24) is 0 Å². The Kier molecular flexibility index (Phi) is 1.56. The zero-order chi connectivity index (χ0) is 8.39. The van der Waals surface area contributed by atoms with Gasteiger partial charge in [-0.25, -0.2) is 0 Å². The second kappa shape index (κ2) is 2.71. The van der Waals surface area contributed by atoms with Crippen molar-refractivity contribution in [3.05, 3.63) is 36.3 Å². The third-order valence-electron chi connectivity index (χ3n) is 1.70. The molecule has 2 heteroatoms. The molecule has 2 aromatic rings. The van der Waals surface area contributed by atoms with Crippen LogP contribution in [0.2, 0.25) is 0 Å². The van der Waals surface area contributed by atoms with Crippen molar-refractivity contribution >= 4 is 10.8 Å². The monoisotopic (exact) mass is 160 g/mol. The molecule has 12 heavy (non-hydrogen) atoms. The SMILES string of the molecule is FC#Cc1cccc2cocc12. The first-order valence-corrected chi connectivity index (χ1v) is 3.48. The van der Waals surface area contributed by atoms with Crippen LogP contribution in [0.5, 0.6) is 0 Å². The maximum Gasteiger partial charge on any atom is 0.111 e. The Balaban J connectivity index is 2.79. The van der Waals surface area contributed by atoms with Gasteiger partial charge in [0.25, 0.3) is 0 Å². The summed E-state index contributed by atoms with van der Waals surface area (Å²) < 4.78 is 16.7. The van der Waals surface area contributed by atoms with Gasteiger partial charge in [-0.2, -0.15) is 0 Å². The van der Waals surface area contributed by atoms with E-state index >= 15 is 0 Å². The van der Waals surface area contributed by atoms with Gasteiger partial charge >= 0.3 is 0 Å². The molecule has 0 bridgehead atoms. The minimum Gasteiger partial charge on any atom is -0.471 e. The highest BCUT2D eigenvalue weighted by molar-refractivity contribution is 5.86. The number of rotatable bonds is 0. The number of fused-ring (bicyclic) bond motifs is 1. The second-order valence-electron chi connectivity index (χ2n) is 2.40. The van der Waals surface area contributed by atoms with Crippen molar-refractivity contribution in [2.75, 3.05) is 0 Å². The Morgan fingerprint density at radius 2 is 2.17 bits per heavy atom. The van der Waals surface area contributed by atoms with Gasteiger partial charge in [-0.1, -0.05) is 12.1 Å². The van der Waals surface area contributed by atoms with Gasteiger partial charge in [0.15, 0.2) is 0 Å². The maximum absolute atomic E-state index is 11.7. The second-order valence-corrected chi connectivity index (χ2v) is 2.40. The summed E-state index contributed by atoms with van der Waals surface area (Å²) in [5, 5.41) is 1.79. The van der Waals surface area contributed by atoms with E-state index in [9.17, 15) is 4.39 Å². The Morgan fingerprint density at radius 1 is 1.25 bits per heavy atom. The average molecular weight is 160 g/mol. The number of furan rings is 1. The number of benzene rings is 1. The molecule has 0 atom stereocenters. The van der Waals surface area contributed by atoms with E-state index in [2.05, 4.69) is 5.92 Å². The van der Waals surface area contributed by atoms with Gasteiger partial charge in [0.1, 0.15) is 6.17 Å². The minimum atomic E-state index is 0.656. The Labute approximate surface area is 68.8 Å². The van der Waals surface area contributed by atoms with Crippen molar-refractivity contribution in [1.29, 1.82) is 0 Å². The lowest BCUT2D eigenvalue weighted by Gasteiger charge is -1.89. The predicted molar refractivity (Wildman–Crippen MR) is 44.2 cm³/mol.